The van der Waals surface area contributed by atoms with Crippen LogP contribution in [0, 0.1) is 5.92 Å². The van der Waals surface area contributed by atoms with E-state index in [4.69, 9.17) is 4.74 Å². The Kier molecular flexibility index (Phi) is 9.70. The molecule has 2 rings (SSSR count). The number of guanidine groups is 1. The van der Waals surface area contributed by atoms with E-state index in [-0.39, 0.29) is 0 Å². The minimum absolute atomic E-state index is 0.417. The molecule has 2 N–H and O–H groups in total. The summed E-state index contributed by atoms with van der Waals surface area (Å²) in [6.07, 6.45) is 4.35. The fourth-order valence-corrected chi connectivity index (χ4v) is 5.73. The van der Waals surface area contributed by atoms with Crippen molar-refractivity contribution in [3.63, 3.8) is 0 Å². The van der Waals surface area contributed by atoms with Crippen molar-refractivity contribution in [2.45, 2.75) is 43.7 Å². The summed E-state index contributed by atoms with van der Waals surface area (Å²) >= 11 is 1.35. The van der Waals surface area contributed by atoms with Crippen molar-refractivity contribution >= 4 is 27.3 Å². The molecule has 0 aliphatic heterocycles. The monoisotopic (exact) mass is 430 g/mol. The number of aliphatic imine (C=N–C) groups is 1. The van der Waals surface area contributed by atoms with Gasteiger partial charge in [0.05, 0.1) is 0 Å². The van der Waals surface area contributed by atoms with E-state index in [1.807, 2.05) is 19.9 Å². The zero-order valence-corrected chi connectivity index (χ0v) is 18.9. The van der Waals surface area contributed by atoms with Crippen molar-refractivity contribution in [3.8, 4) is 0 Å². The van der Waals surface area contributed by atoms with E-state index < -0.39 is 10.0 Å². The van der Waals surface area contributed by atoms with Crippen LogP contribution in [0.15, 0.2) is 21.3 Å². The van der Waals surface area contributed by atoms with Gasteiger partial charge in [0.15, 0.2) is 5.96 Å². The molecular weight excluding hydrogens is 396 g/mol. The summed E-state index contributed by atoms with van der Waals surface area (Å²) in [4.78, 5) is 5.26. The second kappa shape index (κ2) is 11.7. The highest BCUT2D eigenvalue weighted by Crippen LogP contribution is 2.28. The zero-order valence-electron chi connectivity index (χ0n) is 17.2. The average Bonchev–Trinajstić information content (AvgIpc) is 3.38. The highest BCUT2D eigenvalue weighted by Gasteiger charge is 2.23. The van der Waals surface area contributed by atoms with Crippen LogP contribution in [0.1, 0.15) is 38.0 Å². The largest absolute Gasteiger partial charge is 0.381 e. The highest BCUT2D eigenvalue weighted by molar-refractivity contribution is 7.91. The van der Waals surface area contributed by atoms with E-state index in [1.165, 1.54) is 28.5 Å². The molecule has 0 atom stereocenters. The Labute approximate surface area is 173 Å². The average molecular weight is 431 g/mol. The molecule has 0 spiro atoms. The first-order chi connectivity index (χ1) is 13.5. The van der Waals surface area contributed by atoms with Gasteiger partial charge >= 0.3 is 0 Å². The van der Waals surface area contributed by atoms with Crippen molar-refractivity contribution in [3.05, 3.63) is 17.0 Å². The maximum absolute atomic E-state index is 12.6. The van der Waals surface area contributed by atoms with Gasteiger partial charge in [-0.1, -0.05) is 13.8 Å². The van der Waals surface area contributed by atoms with Gasteiger partial charge < -0.3 is 15.4 Å². The lowest BCUT2D eigenvalue weighted by Crippen LogP contribution is -2.38. The third kappa shape index (κ3) is 7.35. The number of sulfonamides is 1. The number of nitrogens with zero attached hydrogens (tertiary/aromatic N) is 2. The van der Waals surface area contributed by atoms with Gasteiger partial charge in [-0.15, -0.1) is 11.3 Å². The van der Waals surface area contributed by atoms with E-state index in [0.29, 0.717) is 23.8 Å². The Hall–Kier alpha value is -1.16. The van der Waals surface area contributed by atoms with E-state index in [2.05, 4.69) is 15.6 Å². The van der Waals surface area contributed by atoms with Gasteiger partial charge in [0, 0.05) is 51.3 Å². The lowest BCUT2D eigenvalue weighted by Gasteiger charge is -2.16. The lowest BCUT2D eigenvalue weighted by atomic mass is 10.3. The fraction of sp³-hybridized carbons (Fsp3) is 0.737. The Balaban J connectivity index is 1.67. The number of hydrogen-bond acceptors (Lipinski definition) is 5. The van der Waals surface area contributed by atoms with Crippen LogP contribution in [-0.4, -0.2) is 65.1 Å². The molecule has 9 heteroatoms. The third-order valence-electron chi connectivity index (χ3n) is 4.63. The molecule has 1 aliphatic rings. The van der Waals surface area contributed by atoms with Gasteiger partial charge in [0.1, 0.15) is 4.21 Å². The standard InChI is InChI=1S/C19H34N4O3S2/c1-4-23(5-2)28(24,25)18-10-9-17(27-18)11-13-22-19(20-3)21-12-6-14-26-15-16-7-8-16/h9-10,16H,4-8,11-15H2,1-3H3,(H2,20,21,22). The Bertz CT molecular complexity index is 711. The molecule has 1 aromatic rings. The highest BCUT2D eigenvalue weighted by atomic mass is 32.2. The molecule has 0 bridgehead atoms. The molecule has 28 heavy (non-hydrogen) atoms. The van der Waals surface area contributed by atoms with E-state index in [9.17, 15) is 8.42 Å². The summed E-state index contributed by atoms with van der Waals surface area (Å²) in [6.45, 7) is 7.88. The minimum Gasteiger partial charge on any atom is -0.381 e. The maximum atomic E-state index is 12.6. The van der Waals surface area contributed by atoms with Crippen LogP contribution < -0.4 is 10.6 Å². The lowest BCUT2D eigenvalue weighted by molar-refractivity contribution is 0.123. The molecule has 0 saturated heterocycles. The quantitative estimate of drug-likeness (QED) is 0.285. The second-order valence-corrected chi connectivity index (χ2v) is 10.2. The molecule has 1 heterocycles. The number of hydrogen-bond donors (Lipinski definition) is 2. The first-order valence-electron chi connectivity index (χ1n) is 10.1. The number of rotatable bonds is 13. The normalized spacial score (nSPS) is 15.2. The van der Waals surface area contributed by atoms with Crippen LogP contribution in [0.2, 0.25) is 0 Å². The van der Waals surface area contributed by atoms with Crippen molar-refractivity contribution in [1.29, 1.82) is 0 Å². The van der Waals surface area contributed by atoms with E-state index >= 15 is 0 Å². The molecule has 1 aromatic heterocycles. The van der Waals surface area contributed by atoms with Crippen molar-refractivity contribution in [2.75, 3.05) is 46.4 Å². The first-order valence-corrected chi connectivity index (χ1v) is 12.4. The van der Waals surface area contributed by atoms with Crippen LogP contribution >= 0.6 is 11.3 Å². The minimum atomic E-state index is -3.36. The Morgan fingerprint density at radius 3 is 2.61 bits per heavy atom. The summed E-state index contributed by atoms with van der Waals surface area (Å²) in [5.74, 6) is 1.57. The smallest absolute Gasteiger partial charge is 0.252 e. The zero-order chi connectivity index (χ0) is 20.4. The van der Waals surface area contributed by atoms with Crippen molar-refractivity contribution in [2.24, 2.45) is 10.9 Å². The Morgan fingerprint density at radius 1 is 1.25 bits per heavy atom. The Morgan fingerprint density at radius 2 is 1.96 bits per heavy atom. The second-order valence-electron chi connectivity index (χ2n) is 6.86. The van der Waals surface area contributed by atoms with E-state index in [0.717, 1.165) is 49.4 Å². The molecule has 1 fully saturated rings. The summed E-state index contributed by atoms with van der Waals surface area (Å²) in [5, 5.41) is 6.55. The molecular formula is C19H34N4O3S2. The third-order valence-corrected chi connectivity index (χ3v) is 8.29. The molecule has 1 saturated carbocycles. The van der Waals surface area contributed by atoms with Crippen LogP contribution in [0.4, 0.5) is 0 Å². The summed E-state index contributed by atoms with van der Waals surface area (Å²) < 4.78 is 32.6. The molecule has 0 amide bonds. The van der Waals surface area contributed by atoms with Gasteiger partial charge in [0.25, 0.3) is 10.0 Å². The van der Waals surface area contributed by atoms with Crippen molar-refractivity contribution < 1.29 is 13.2 Å². The fourth-order valence-electron chi connectivity index (χ4n) is 2.76. The summed E-state index contributed by atoms with van der Waals surface area (Å²) in [7, 11) is -1.62. The number of ether oxygens (including phenoxy) is 1. The molecule has 0 unspecified atom stereocenters. The first kappa shape index (κ1) is 23.1. The van der Waals surface area contributed by atoms with Gasteiger partial charge in [-0.05, 0) is 43.7 Å². The maximum Gasteiger partial charge on any atom is 0.252 e. The van der Waals surface area contributed by atoms with Crippen LogP contribution in [0.5, 0.6) is 0 Å². The van der Waals surface area contributed by atoms with Crippen molar-refractivity contribution in [1.82, 2.24) is 14.9 Å². The summed E-state index contributed by atoms with van der Waals surface area (Å²) in [5.41, 5.74) is 0. The van der Waals surface area contributed by atoms with Gasteiger partial charge in [0.2, 0.25) is 0 Å². The SMILES string of the molecule is CCN(CC)S(=O)(=O)c1ccc(CCNC(=NC)NCCCOCC2CC2)s1. The van der Waals surface area contributed by atoms with E-state index in [1.54, 1.807) is 13.1 Å². The van der Waals surface area contributed by atoms with Crippen LogP contribution in [0.25, 0.3) is 0 Å². The molecule has 160 valence electrons. The van der Waals surface area contributed by atoms with Gasteiger partial charge in [-0.3, -0.25) is 4.99 Å². The van der Waals surface area contributed by atoms with Crippen LogP contribution in [0.3, 0.4) is 0 Å². The molecule has 0 radical (unpaired) electrons. The number of thiophene rings is 1. The van der Waals surface area contributed by atoms with Gasteiger partial charge in [-0.2, -0.15) is 4.31 Å². The van der Waals surface area contributed by atoms with Gasteiger partial charge in [-0.25, -0.2) is 8.42 Å². The predicted molar refractivity (Wildman–Crippen MR) is 116 cm³/mol. The molecule has 7 nitrogen and oxygen atoms in total. The molecule has 1 aliphatic carbocycles. The number of nitrogens with one attached hydrogen (secondary N) is 2. The predicted octanol–water partition coefficient (Wildman–Crippen LogP) is 2.30. The summed E-state index contributed by atoms with van der Waals surface area (Å²) in [6, 6.07) is 3.61. The molecule has 0 aromatic carbocycles. The van der Waals surface area contributed by atoms with Crippen LogP contribution in [-0.2, 0) is 21.2 Å². The topological polar surface area (TPSA) is 83.0 Å².